The molecule has 3 aliphatic carbocycles. The van der Waals surface area contributed by atoms with Crippen molar-refractivity contribution < 1.29 is 23.9 Å². The summed E-state index contributed by atoms with van der Waals surface area (Å²) in [5, 5.41) is 0. The number of hydrogen-bond donors (Lipinski definition) is 0. The molecule has 1 atom stereocenters. The van der Waals surface area contributed by atoms with Crippen LogP contribution in [0.1, 0.15) is 97.9 Å². The smallest absolute Gasteiger partial charge is 0.305 e. The number of fused-ring (bicyclic) bond motifs is 3. The van der Waals surface area contributed by atoms with Crippen molar-refractivity contribution in [2.24, 2.45) is 0 Å². The molecule has 2 aromatic carbocycles. The third kappa shape index (κ3) is 3.18. The molecule has 0 saturated heterocycles. The molecule has 5 heteroatoms. The van der Waals surface area contributed by atoms with Crippen molar-refractivity contribution in [2.75, 3.05) is 0 Å². The monoisotopic (exact) mass is 466 g/mol. The molecule has 0 amide bonds. The molecule has 1 saturated carbocycles. The highest BCUT2D eigenvalue weighted by molar-refractivity contribution is 6.27. The van der Waals surface area contributed by atoms with Crippen LogP contribution in [0.15, 0.2) is 35.9 Å². The van der Waals surface area contributed by atoms with Gasteiger partial charge in [-0.15, -0.1) is 0 Å². The summed E-state index contributed by atoms with van der Waals surface area (Å²) in [5.74, 6) is 0.570. The van der Waals surface area contributed by atoms with Gasteiger partial charge in [0.1, 0.15) is 11.5 Å². The molecule has 5 nitrogen and oxygen atoms in total. The van der Waals surface area contributed by atoms with Crippen molar-refractivity contribution in [1.29, 1.82) is 0 Å². The number of benzene rings is 2. The van der Waals surface area contributed by atoms with Crippen LogP contribution in [-0.4, -0.2) is 23.6 Å². The van der Waals surface area contributed by atoms with Gasteiger partial charge in [-0.05, 0) is 98.9 Å². The molecular formula is C30H26O5. The molecule has 0 spiro atoms. The molecule has 6 rings (SSSR count). The first-order valence-electron chi connectivity index (χ1n) is 12.0. The van der Waals surface area contributed by atoms with Crippen LogP contribution >= 0.6 is 0 Å². The second-order valence-corrected chi connectivity index (χ2v) is 10.2. The lowest BCUT2D eigenvalue weighted by atomic mass is 9.81. The first-order chi connectivity index (χ1) is 16.7. The van der Waals surface area contributed by atoms with E-state index in [4.69, 9.17) is 9.47 Å². The minimum atomic E-state index is -1.17. The lowest BCUT2D eigenvalue weighted by molar-refractivity contribution is 0.0232. The van der Waals surface area contributed by atoms with Gasteiger partial charge in [0.05, 0.1) is 5.56 Å². The van der Waals surface area contributed by atoms with E-state index in [0.29, 0.717) is 50.8 Å². The van der Waals surface area contributed by atoms with E-state index < -0.39 is 6.29 Å². The normalized spacial score (nSPS) is 20.6. The van der Waals surface area contributed by atoms with Crippen LogP contribution in [0, 0.1) is 13.8 Å². The van der Waals surface area contributed by atoms with E-state index in [1.807, 2.05) is 6.07 Å². The van der Waals surface area contributed by atoms with E-state index in [1.54, 1.807) is 20.8 Å². The first-order valence-corrected chi connectivity index (χ1v) is 12.0. The molecule has 0 aromatic heterocycles. The Bertz CT molecular complexity index is 1480. The summed E-state index contributed by atoms with van der Waals surface area (Å²) in [6.07, 6.45) is 5.33. The fourth-order valence-corrected chi connectivity index (χ4v) is 5.61. The highest BCUT2D eigenvalue weighted by Gasteiger charge is 2.42. The van der Waals surface area contributed by atoms with E-state index in [1.165, 1.54) is 11.6 Å². The van der Waals surface area contributed by atoms with Gasteiger partial charge < -0.3 is 9.47 Å². The molecule has 2 aromatic rings. The number of carbonyl (C=O) groups excluding carboxylic acids is 3. The molecule has 1 heterocycles. The average molecular weight is 467 g/mol. The zero-order chi connectivity index (χ0) is 24.8. The van der Waals surface area contributed by atoms with Crippen molar-refractivity contribution in [2.45, 2.75) is 59.2 Å². The van der Waals surface area contributed by atoms with Crippen molar-refractivity contribution in [3.05, 3.63) is 80.4 Å². The van der Waals surface area contributed by atoms with E-state index >= 15 is 0 Å². The molecule has 35 heavy (non-hydrogen) atoms. The lowest BCUT2D eigenvalue weighted by Crippen LogP contribution is -2.28. The fraction of sp³-hybridized carbons (Fsp3) is 0.300. The molecular weight excluding hydrogens is 440 g/mol. The Balaban J connectivity index is 1.42. The number of carbonyl (C=O) groups is 3. The Hall–Kier alpha value is -3.73. The zero-order valence-electron chi connectivity index (χ0n) is 20.3. The Morgan fingerprint density at radius 1 is 0.943 bits per heavy atom. The van der Waals surface area contributed by atoms with Crippen LogP contribution in [0.25, 0.3) is 11.6 Å². The molecule has 1 aliphatic heterocycles. The van der Waals surface area contributed by atoms with Gasteiger partial charge in [0.2, 0.25) is 5.78 Å². The number of rotatable bonds is 3. The molecule has 0 unspecified atom stereocenters. The van der Waals surface area contributed by atoms with Crippen molar-refractivity contribution in [3.63, 3.8) is 0 Å². The van der Waals surface area contributed by atoms with Crippen LogP contribution < -0.4 is 9.47 Å². The molecule has 1 fully saturated rings. The largest absolute Gasteiger partial charge is 0.447 e. The number of hydrogen-bond acceptors (Lipinski definition) is 5. The summed E-state index contributed by atoms with van der Waals surface area (Å²) in [6.45, 7) is 11.4. The summed E-state index contributed by atoms with van der Waals surface area (Å²) in [4.78, 5) is 39.2. The van der Waals surface area contributed by atoms with Crippen LogP contribution in [0.3, 0.4) is 0 Å². The maximum Gasteiger partial charge on any atom is 0.305 e. The van der Waals surface area contributed by atoms with Crippen LogP contribution in [0.5, 0.6) is 11.5 Å². The van der Waals surface area contributed by atoms with Gasteiger partial charge >= 0.3 is 6.29 Å². The third-order valence-electron chi connectivity index (χ3n) is 7.52. The van der Waals surface area contributed by atoms with Crippen LogP contribution in [-0.2, 0) is 0 Å². The van der Waals surface area contributed by atoms with Crippen molar-refractivity contribution >= 4 is 29.0 Å². The number of ether oxygens (including phenoxy) is 2. The summed E-state index contributed by atoms with van der Waals surface area (Å²) in [6, 6.07) is 4.14. The topological polar surface area (TPSA) is 69.7 Å². The fourth-order valence-electron chi connectivity index (χ4n) is 5.61. The zero-order valence-corrected chi connectivity index (χ0v) is 20.3. The lowest BCUT2D eigenvalue weighted by Gasteiger charge is -2.22. The Kier molecular flexibility index (Phi) is 4.59. The van der Waals surface area contributed by atoms with E-state index in [0.717, 1.165) is 41.5 Å². The van der Waals surface area contributed by atoms with Gasteiger partial charge in [0.25, 0.3) is 0 Å². The Morgan fingerprint density at radius 3 is 2.40 bits per heavy atom. The Labute approximate surface area is 204 Å². The van der Waals surface area contributed by atoms with Gasteiger partial charge in [-0.3, -0.25) is 14.4 Å². The second-order valence-electron chi connectivity index (χ2n) is 10.2. The molecule has 176 valence electrons. The minimum absolute atomic E-state index is 0.212. The predicted molar refractivity (Wildman–Crippen MR) is 133 cm³/mol. The Morgan fingerprint density at radius 2 is 1.69 bits per heavy atom. The standard InChI is InChI=1S/C30H26O5/c1-13-8-14(2)20-12-23(21(18-6-7-18)11-19(20)9-13)34-30-28(33)26-16(4)24-22(31)10-15(3)27(32)25(24)17(5)29(26)35-30/h9-12,18,30H,2,6-8H2,1,3-5H3/t30-/m1/s1. The van der Waals surface area contributed by atoms with Crippen LogP contribution in [0.2, 0.25) is 0 Å². The second kappa shape index (κ2) is 7.38. The van der Waals surface area contributed by atoms with Gasteiger partial charge in [0, 0.05) is 22.3 Å². The van der Waals surface area contributed by atoms with Gasteiger partial charge in [-0.2, -0.15) is 0 Å². The van der Waals surface area contributed by atoms with Gasteiger partial charge in [-0.25, -0.2) is 0 Å². The van der Waals surface area contributed by atoms with Crippen molar-refractivity contribution in [3.8, 4) is 11.5 Å². The molecule has 4 aliphatic rings. The quantitative estimate of drug-likeness (QED) is 0.530. The van der Waals surface area contributed by atoms with Crippen molar-refractivity contribution in [1.82, 2.24) is 0 Å². The van der Waals surface area contributed by atoms with Gasteiger partial charge in [0.15, 0.2) is 11.6 Å². The molecule has 0 N–H and O–H groups in total. The average Bonchev–Trinajstić information content (AvgIpc) is 3.59. The number of ketones is 3. The van der Waals surface area contributed by atoms with E-state index in [2.05, 4.69) is 25.6 Å². The SMILES string of the molecule is C=C1CC(C)=Cc2cc(C3CC3)c(O[C@@H]3Oc4c(C)c5c(c(C)c4C3=O)C(=O)C=C(C)C5=O)cc21. The third-order valence-corrected chi connectivity index (χ3v) is 7.52. The first kappa shape index (κ1) is 21.8. The maximum atomic E-state index is 13.5. The summed E-state index contributed by atoms with van der Waals surface area (Å²) in [7, 11) is 0. The summed E-state index contributed by atoms with van der Waals surface area (Å²) in [5.41, 5.74) is 7.84. The predicted octanol–water partition coefficient (Wildman–Crippen LogP) is 6.31. The van der Waals surface area contributed by atoms with Gasteiger partial charge in [-0.1, -0.05) is 18.2 Å². The molecule has 0 bridgehead atoms. The maximum absolute atomic E-state index is 13.5. The number of allylic oxidation sites excluding steroid dienone is 4. The highest BCUT2D eigenvalue weighted by atomic mass is 16.7. The summed E-state index contributed by atoms with van der Waals surface area (Å²) < 4.78 is 12.3. The molecule has 0 radical (unpaired) electrons. The van der Waals surface area contributed by atoms with E-state index in [9.17, 15) is 14.4 Å². The summed E-state index contributed by atoms with van der Waals surface area (Å²) >= 11 is 0. The van der Waals surface area contributed by atoms with E-state index in [-0.39, 0.29) is 17.3 Å². The number of Topliss-reactive ketones (excluding diaryl/α,β-unsaturated/α-hetero) is 2. The highest BCUT2D eigenvalue weighted by Crippen LogP contribution is 2.48. The van der Waals surface area contributed by atoms with Crippen LogP contribution in [0.4, 0.5) is 0 Å². The minimum Gasteiger partial charge on any atom is -0.447 e.